The topological polar surface area (TPSA) is 81.5 Å². The predicted octanol–water partition coefficient (Wildman–Crippen LogP) is 2.51. The molecule has 2 heterocycles. The number of aromatic nitrogens is 2. The number of phenolic OH excluding ortho intramolecular Hbond substituents is 1. The van der Waals surface area contributed by atoms with Crippen molar-refractivity contribution in [2.45, 2.75) is 45.1 Å². The number of aliphatic hydroxyl groups excluding tert-OH is 1. The summed E-state index contributed by atoms with van der Waals surface area (Å²) in [5.74, 6) is 1.14. The molecular formula is C21H28N4O2. The van der Waals surface area contributed by atoms with Gasteiger partial charge in [-0.05, 0) is 74.4 Å². The number of hydrogen-bond acceptors (Lipinski definition) is 6. The second kappa shape index (κ2) is 7.82. The van der Waals surface area contributed by atoms with Gasteiger partial charge in [0.15, 0.2) is 0 Å². The normalized spacial score (nSPS) is 19.9. The van der Waals surface area contributed by atoms with Crippen LogP contribution < -0.4 is 5.32 Å². The Morgan fingerprint density at radius 1 is 1.22 bits per heavy atom. The third-order valence-electron chi connectivity index (χ3n) is 5.77. The molecule has 0 unspecified atom stereocenters. The first kappa shape index (κ1) is 18.2. The van der Waals surface area contributed by atoms with Gasteiger partial charge in [0.25, 0.3) is 0 Å². The Kier molecular flexibility index (Phi) is 5.27. The number of fused-ring (bicyclic) bond motifs is 1. The average Bonchev–Trinajstić information content (AvgIpc) is 3.13. The van der Waals surface area contributed by atoms with Crippen LogP contribution in [0.2, 0.25) is 0 Å². The Bertz CT molecular complexity index is 822. The molecule has 1 aliphatic heterocycles. The monoisotopic (exact) mass is 368 g/mol. The number of aryl methyl sites for hydroxylation is 2. The molecule has 6 heteroatoms. The number of aromatic hydroxyl groups is 1. The van der Waals surface area contributed by atoms with Crippen LogP contribution in [0.25, 0.3) is 11.3 Å². The van der Waals surface area contributed by atoms with Gasteiger partial charge in [-0.1, -0.05) is 6.07 Å². The largest absolute Gasteiger partial charge is 0.507 e. The summed E-state index contributed by atoms with van der Waals surface area (Å²) in [4.78, 5) is 2.28. The number of piperidine rings is 1. The molecule has 1 aromatic heterocycles. The van der Waals surface area contributed by atoms with E-state index in [0.29, 0.717) is 11.8 Å². The predicted molar refractivity (Wildman–Crippen MR) is 106 cm³/mol. The van der Waals surface area contributed by atoms with E-state index in [9.17, 15) is 5.11 Å². The quantitative estimate of drug-likeness (QED) is 0.752. The molecule has 0 radical (unpaired) electrons. The number of rotatable bonds is 5. The van der Waals surface area contributed by atoms with Crippen molar-refractivity contribution >= 4 is 5.82 Å². The molecule has 0 spiro atoms. The third kappa shape index (κ3) is 3.77. The van der Waals surface area contributed by atoms with Crippen LogP contribution in [0.3, 0.4) is 0 Å². The van der Waals surface area contributed by atoms with E-state index in [0.717, 1.165) is 79.9 Å². The Morgan fingerprint density at radius 3 is 2.93 bits per heavy atom. The van der Waals surface area contributed by atoms with Crippen LogP contribution in [0.4, 0.5) is 5.82 Å². The molecule has 1 saturated heterocycles. The van der Waals surface area contributed by atoms with Gasteiger partial charge >= 0.3 is 0 Å². The molecule has 6 nitrogen and oxygen atoms in total. The molecule has 2 aromatic rings. The fraction of sp³-hybridized carbons (Fsp3) is 0.524. The summed E-state index contributed by atoms with van der Waals surface area (Å²) in [6.07, 6.45) is 5.30. The van der Waals surface area contributed by atoms with Gasteiger partial charge in [-0.3, -0.25) is 4.90 Å². The first-order chi connectivity index (χ1) is 13.2. The van der Waals surface area contributed by atoms with Crippen LogP contribution in [-0.4, -0.2) is 57.6 Å². The van der Waals surface area contributed by atoms with E-state index in [1.165, 1.54) is 5.56 Å². The number of nitrogens with one attached hydrogen (secondary N) is 1. The van der Waals surface area contributed by atoms with Crippen molar-refractivity contribution in [3.05, 3.63) is 34.9 Å². The molecule has 1 aliphatic carbocycles. The van der Waals surface area contributed by atoms with E-state index >= 15 is 0 Å². The molecule has 2 aliphatic rings. The van der Waals surface area contributed by atoms with Crippen molar-refractivity contribution < 1.29 is 10.2 Å². The summed E-state index contributed by atoms with van der Waals surface area (Å²) in [7, 11) is 0. The fourth-order valence-corrected chi connectivity index (χ4v) is 4.39. The summed E-state index contributed by atoms with van der Waals surface area (Å²) in [6, 6.07) is 6.41. The first-order valence-corrected chi connectivity index (χ1v) is 9.94. The minimum Gasteiger partial charge on any atom is -0.507 e. The van der Waals surface area contributed by atoms with E-state index in [-0.39, 0.29) is 6.61 Å². The summed E-state index contributed by atoms with van der Waals surface area (Å²) in [5, 5.41) is 32.1. The second-order valence-corrected chi connectivity index (χ2v) is 7.72. The molecule has 1 atom stereocenters. The molecule has 1 fully saturated rings. The molecule has 3 N–H and O–H groups in total. The van der Waals surface area contributed by atoms with Crippen LogP contribution in [0.1, 0.15) is 36.0 Å². The van der Waals surface area contributed by atoms with Crippen molar-refractivity contribution in [2.24, 2.45) is 0 Å². The van der Waals surface area contributed by atoms with Gasteiger partial charge in [0.05, 0.1) is 12.3 Å². The van der Waals surface area contributed by atoms with Crippen LogP contribution in [0.15, 0.2) is 18.2 Å². The van der Waals surface area contributed by atoms with Gasteiger partial charge < -0.3 is 15.5 Å². The first-order valence-electron chi connectivity index (χ1n) is 9.94. The van der Waals surface area contributed by atoms with Crippen molar-refractivity contribution in [3.8, 4) is 17.0 Å². The van der Waals surface area contributed by atoms with Crippen LogP contribution >= 0.6 is 0 Å². The maximum Gasteiger partial charge on any atom is 0.149 e. The number of phenols is 1. The van der Waals surface area contributed by atoms with Crippen molar-refractivity contribution in [1.82, 2.24) is 15.1 Å². The lowest BCUT2D eigenvalue weighted by molar-refractivity contribution is 0.166. The SMILES string of the molecule is Cc1cc(N[C@@H]2CCCN(CCO)C2)nnc1-c1ccc2c(c1O)CCC2. The third-order valence-corrected chi connectivity index (χ3v) is 5.77. The summed E-state index contributed by atoms with van der Waals surface area (Å²) in [6.45, 7) is 4.89. The molecule has 1 aromatic carbocycles. The number of hydrogen-bond donors (Lipinski definition) is 3. The van der Waals surface area contributed by atoms with E-state index in [2.05, 4.69) is 26.5 Å². The maximum absolute atomic E-state index is 10.7. The Balaban J connectivity index is 1.52. The van der Waals surface area contributed by atoms with Gasteiger partial charge in [-0.15, -0.1) is 10.2 Å². The zero-order valence-electron chi connectivity index (χ0n) is 15.9. The minimum absolute atomic E-state index is 0.199. The summed E-state index contributed by atoms with van der Waals surface area (Å²) >= 11 is 0. The smallest absolute Gasteiger partial charge is 0.149 e. The van der Waals surface area contributed by atoms with Crippen LogP contribution in [-0.2, 0) is 12.8 Å². The maximum atomic E-state index is 10.7. The number of anilines is 1. The second-order valence-electron chi connectivity index (χ2n) is 7.72. The van der Waals surface area contributed by atoms with Crippen molar-refractivity contribution in [3.63, 3.8) is 0 Å². The summed E-state index contributed by atoms with van der Waals surface area (Å²) < 4.78 is 0. The molecule has 144 valence electrons. The van der Waals surface area contributed by atoms with E-state index in [1.807, 2.05) is 19.1 Å². The molecule has 27 heavy (non-hydrogen) atoms. The molecule has 0 saturated carbocycles. The average molecular weight is 368 g/mol. The van der Waals surface area contributed by atoms with Crippen molar-refractivity contribution in [2.75, 3.05) is 31.6 Å². The highest BCUT2D eigenvalue weighted by Gasteiger charge is 2.22. The van der Waals surface area contributed by atoms with E-state index in [1.54, 1.807) is 0 Å². The van der Waals surface area contributed by atoms with Crippen LogP contribution in [0, 0.1) is 6.92 Å². The van der Waals surface area contributed by atoms with Gasteiger partial charge in [0.1, 0.15) is 11.6 Å². The van der Waals surface area contributed by atoms with Gasteiger partial charge in [-0.25, -0.2) is 0 Å². The Hall–Kier alpha value is -2.18. The molecule has 0 amide bonds. The van der Waals surface area contributed by atoms with E-state index < -0.39 is 0 Å². The summed E-state index contributed by atoms with van der Waals surface area (Å²) in [5.41, 5.74) is 4.85. The fourth-order valence-electron chi connectivity index (χ4n) is 4.39. The highest BCUT2D eigenvalue weighted by Crippen LogP contribution is 2.38. The van der Waals surface area contributed by atoms with Gasteiger partial charge in [0.2, 0.25) is 0 Å². The van der Waals surface area contributed by atoms with Gasteiger partial charge in [-0.2, -0.15) is 0 Å². The standard InChI is InChI=1S/C21H28N4O2/c1-14-12-19(22-16-5-3-9-25(13-16)10-11-26)23-24-20(14)18-8-7-15-4-2-6-17(15)21(18)27/h7-8,12,16,26-27H,2-6,9-11,13H2,1H3,(H,22,23)/t16-/m1/s1. The highest BCUT2D eigenvalue weighted by atomic mass is 16.3. The zero-order valence-corrected chi connectivity index (χ0v) is 15.9. The highest BCUT2D eigenvalue weighted by molar-refractivity contribution is 5.73. The minimum atomic E-state index is 0.199. The zero-order chi connectivity index (χ0) is 18.8. The number of β-amino-alcohol motifs (C(OH)–C–C–N with tert-alkyl or cyclic N) is 1. The Labute approximate surface area is 160 Å². The molecule has 0 bridgehead atoms. The van der Waals surface area contributed by atoms with Gasteiger partial charge in [0, 0.05) is 24.7 Å². The lowest BCUT2D eigenvalue weighted by Gasteiger charge is -2.32. The number of nitrogens with zero attached hydrogens (tertiary/aromatic N) is 3. The molecular weight excluding hydrogens is 340 g/mol. The van der Waals surface area contributed by atoms with E-state index in [4.69, 9.17) is 5.11 Å². The molecule has 4 rings (SSSR count). The number of aliphatic hydroxyl groups is 1. The Morgan fingerprint density at radius 2 is 2.11 bits per heavy atom. The van der Waals surface area contributed by atoms with Crippen LogP contribution in [0.5, 0.6) is 5.75 Å². The number of benzene rings is 1. The lowest BCUT2D eigenvalue weighted by Crippen LogP contribution is -2.43. The van der Waals surface area contributed by atoms with Crippen molar-refractivity contribution in [1.29, 1.82) is 0 Å². The lowest BCUT2D eigenvalue weighted by atomic mass is 10.00. The number of likely N-dealkylation sites (tertiary alicyclic amines) is 1.